The summed E-state index contributed by atoms with van der Waals surface area (Å²) in [6, 6.07) is 0.903. The molecule has 0 saturated heterocycles. The Morgan fingerprint density at radius 3 is 2.19 bits per heavy atom. The Kier molecular flexibility index (Phi) is 9.32. The third-order valence-electron chi connectivity index (χ3n) is 6.20. The number of hydrogen-bond acceptors (Lipinski definition) is 5. The lowest BCUT2D eigenvalue weighted by atomic mass is 9.97. The van der Waals surface area contributed by atoms with Crippen LogP contribution in [0.3, 0.4) is 0 Å². The van der Waals surface area contributed by atoms with E-state index in [0.717, 1.165) is 49.0 Å². The van der Waals surface area contributed by atoms with Crippen LogP contribution in [-0.2, 0) is 36.5 Å². The Labute approximate surface area is 214 Å². The molecule has 1 aliphatic carbocycles. The number of halogens is 6. The number of rotatable bonds is 9. The van der Waals surface area contributed by atoms with Gasteiger partial charge in [0.2, 0.25) is 5.91 Å². The molecule has 3 rings (SSSR count). The number of thioether (sulfide) groups is 1. The maximum atomic E-state index is 13.1. The summed E-state index contributed by atoms with van der Waals surface area (Å²) >= 11 is 0.947. The molecule has 0 radical (unpaired) electrons. The Hall–Kier alpha value is -2.54. The molecule has 1 aliphatic rings. The number of hydrogen-bond donors (Lipinski definition) is 1. The molecule has 0 bridgehead atoms. The maximum absolute atomic E-state index is 13.1. The molecule has 1 heterocycles. The van der Waals surface area contributed by atoms with E-state index in [2.05, 4.69) is 15.2 Å². The highest BCUT2D eigenvalue weighted by molar-refractivity contribution is 8.00. The van der Waals surface area contributed by atoms with Gasteiger partial charge in [-0.3, -0.25) is 9.36 Å². The van der Waals surface area contributed by atoms with E-state index in [9.17, 15) is 35.9 Å². The normalized spacial score (nSPS) is 14.1. The molecule has 1 N–H and O–H groups in total. The van der Waals surface area contributed by atoms with Crippen LogP contribution in [-0.4, -0.2) is 45.7 Å². The molecular weight excluding hydrogens is 522 g/mol. The van der Waals surface area contributed by atoms with Crippen LogP contribution in [0.25, 0.3) is 0 Å². The molecular formula is C24H28F6N4O2S. The molecule has 0 aliphatic heterocycles. The molecule has 0 atom stereocenters. The fraction of sp³-hybridized carbons (Fsp3) is 0.542. The zero-order valence-electron chi connectivity index (χ0n) is 20.4. The average Bonchev–Trinajstić information content (AvgIpc) is 2.83. The number of alkyl halides is 6. The van der Waals surface area contributed by atoms with Crippen LogP contribution in [0.5, 0.6) is 0 Å². The number of anilines is 1. The minimum Gasteiger partial charge on any atom is -0.325 e. The number of carbonyl (C=O) groups is 1. The Bertz CT molecular complexity index is 1140. The number of nitrogens with one attached hydrogen (secondary N) is 1. The molecule has 1 amide bonds. The zero-order chi connectivity index (χ0) is 27.4. The number of fused-ring (bicyclic) bond motifs is 1. The first-order valence-electron chi connectivity index (χ1n) is 11.9. The summed E-state index contributed by atoms with van der Waals surface area (Å²) in [6.45, 7) is 6.94. The second kappa shape index (κ2) is 11.9. The molecule has 2 aromatic rings. The van der Waals surface area contributed by atoms with Gasteiger partial charge in [0.1, 0.15) is 5.03 Å². The predicted molar refractivity (Wildman–Crippen MR) is 129 cm³/mol. The number of benzene rings is 1. The molecule has 0 unspecified atom stereocenters. The van der Waals surface area contributed by atoms with Crippen LogP contribution in [0, 0.1) is 0 Å². The molecule has 13 heteroatoms. The smallest absolute Gasteiger partial charge is 0.325 e. The maximum Gasteiger partial charge on any atom is 0.416 e. The lowest BCUT2D eigenvalue weighted by Gasteiger charge is -2.24. The average molecular weight is 551 g/mol. The minimum atomic E-state index is -5.02. The van der Waals surface area contributed by atoms with Crippen molar-refractivity contribution in [1.82, 2.24) is 14.5 Å². The van der Waals surface area contributed by atoms with Crippen LogP contribution in [0.2, 0.25) is 0 Å². The number of carbonyl (C=O) groups excluding carboxylic acids is 1. The standard InChI is InChI=1S/C24H28F6N4O2S/c1-3-33(4-2)9-10-34-19-8-6-5-7-18(19)21(32-22(34)36)37-14-20(35)31-17-12-15(23(25,26)27)11-16(13-17)24(28,29)30/h11-13H,3-10,14H2,1-2H3,(H,31,35). The summed E-state index contributed by atoms with van der Waals surface area (Å²) in [5.41, 5.74) is -2.36. The van der Waals surface area contributed by atoms with Crippen LogP contribution in [0.1, 0.15) is 49.1 Å². The SMILES string of the molecule is CCN(CC)CCn1c2c(c(SCC(=O)Nc3cc(C(F)(F)F)cc(C(F)(F)F)c3)nc1=O)CCCC2. The molecule has 0 saturated carbocycles. The molecule has 1 aromatic heterocycles. The molecule has 0 spiro atoms. The number of aromatic nitrogens is 2. The van der Waals surface area contributed by atoms with Gasteiger partial charge in [0.25, 0.3) is 0 Å². The lowest BCUT2D eigenvalue weighted by molar-refractivity contribution is -0.143. The molecule has 1 aromatic carbocycles. The largest absolute Gasteiger partial charge is 0.416 e. The first-order valence-corrected chi connectivity index (χ1v) is 12.9. The number of amides is 1. The van der Waals surface area contributed by atoms with Crippen molar-refractivity contribution in [2.45, 2.75) is 63.5 Å². The summed E-state index contributed by atoms with van der Waals surface area (Å²) in [5.74, 6) is -1.14. The monoisotopic (exact) mass is 550 g/mol. The van der Waals surface area contributed by atoms with E-state index in [-0.39, 0.29) is 11.8 Å². The van der Waals surface area contributed by atoms with Gasteiger partial charge in [0, 0.05) is 30.0 Å². The van der Waals surface area contributed by atoms with E-state index in [1.807, 2.05) is 13.8 Å². The van der Waals surface area contributed by atoms with Crippen LogP contribution in [0.15, 0.2) is 28.0 Å². The molecule has 204 valence electrons. The fourth-order valence-corrected chi connectivity index (χ4v) is 5.11. The second-order valence-electron chi connectivity index (χ2n) is 8.64. The van der Waals surface area contributed by atoms with Gasteiger partial charge >= 0.3 is 18.0 Å². The van der Waals surface area contributed by atoms with Gasteiger partial charge in [-0.05, 0) is 57.0 Å². The van der Waals surface area contributed by atoms with Crippen molar-refractivity contribution < 1.29 is 31.1 Å². The van der Waals surface area contributed by atoms with Gasteiger partial charge < -0.3 is 10.2 Å². The Morgan fingerprint density at radius 1 is 1.03 bits per heavy atom. The van der Waals surface area contributed by atoms with Crippen molar-refractivity contribution in [2.75, 3.05) is 30.7 Å². The highest BCUT2D eigenvalue weighted by Gasteiger charge is 2.37. The fourth-order valence-electron chi connectivity index (χ4n) is 4.24. The Balaban J connectivity index is 1.78. The van der Waals surface area contributed by atoms with Gasteiger partial charge in [0.05, 0.1) is 16.9 Å². The topological polar surface area (TPSA) is 67.2 Å². The van der Waals surface area contributed by atoms with Crippen LogP contribution >= 0.6 is 11.8 Å². The summed E-state index contributed by atoms with van der Waals surface area (Å²) in [7, 11) is 0. The lowest BCUT2D eigenvalue weighted by Crippen LogP contribution is -2.35. The van der Waals surface area contributed by atoms with E-state index in [4.69, 9.17) is 0 Å². The molecule has 0 fully saturated rings. The third-order valence-corrected chi connectivity index (χ3v) is 7.21. The first-order chi connectivity index (χ1) is 17.3. The third kappa shape index (κ3) is 7.50. The summed E-state index contributed by atoms with van der Waals surface area (Å²) in [5, 5.41) is 2.48. The highest BCUT2D eigenvalue weighted by Crippen LogP contribution is 2.37. The second-order valence-corrected chi connectivity index (χ2v) is 9.61. The minimum absolute atomic E-state index is 0.00412. The van der Waals surface area contributed by atoms with Crippen molar-refractivity contribution >= 4 is 23.4 Å². The van der Waals surface area contributed by atoms with Crippen LogP contribution in [0.4, 0.5) is 32.0 Å². The van der Waals surface area contributed by atoms with Gasteiger partial charge in [-0.25, -0.2) is 4.79 Å². The van der Waals surface area contributed by atoms with E-state index >= 15 is 0 Å². The van der Waals surface area contributed by atoms with Gasteiger partial charge in [-0.15, -0.1) is 0 Å². The number of nitrogens with zero attached hydrogens (tertiary/aromatic N) is 3. The molecule has 37 heavy (non-hydrogen) atoms. The van der Waals surface area contributed by atoms with Crippen molar-refractivity contribution in [3.8, 4) is 0 Å². The Morgan fingerprint density at radius 2 is 1.62 bits per heavy atom. The van der Waals surface area contributed by atoms with Gasteiger partial charge in [-0.2, -0.15) is 31.3 Å². The highest BCUT2D eigenvalue weighted by atomic mass is 32.2. The van der Waals surface area contributed by atoms with E-state index < -0.39 is 40.8 Å². The summed E-state index contributed by atoms with van der Waals surface area (Å²) in [4.78, 5) is 31.6. The molecule has 6 nitrogen and oxygen atoms in total. The zero-order valence-corrected chi connectivity index (χ0v) is 21.2. The van der Waals surface area contributed by atoms with Gasteiger partial charge in [0.15, 0.2) is 0 Å². The quantitative estimate of drug-likeness (QED) is 0.263. The van der Waals surface area contributed by atoms with E-state index in [1.54, 1.807) is 4.57 Å². The van der Waals surface area contributed by atoms with Crippen LogP contribution < -0.4 is 11.0 Å². The summed E-state index contributed by atoms with van der Waals surface area (Å²) in [6.07, 6.45) is -6.89. The van der Waals surface area contributed by atoms with Crippen molar-refractivity contribution in [2.24, 2.45) is 0 Å². The van der Waals surface area contributed by atoms with Crippen molar-refractivity contribution in [3.05, 3.63) is 51.1 Å². The van der Waals surface area contributed by atoms with E-state index in [1.165, 1.54) is 0 Å². The summed E-state index contributed by atoms with van der Waals surface area (Å²) < 4.78 is 80.2. The van der Waals surface area contributed by atoms with Crippen molar-refractivity contribution in [3.63, 3.8) is 0 Å². The first kappa shape index (κ1) is 29.0. The van der Waals surface area contributed by atoms with Gasteiger partial charge in [-0.1, -0.05) is 25.6 Å². The number of likely N-dealkylation sites (N-methyl/N-ethyl adjacent to an activating group) is 1. The predicted octanol–water partition coefficient (Wildman–Crippen LogP) is 5.23. The van der Waals surface area contributed by atoms with E-state index in [0.29, 0.717) is 43.1 Å². The van der Waals surface area contributed by atoms with Crippen molar-refractivity contribution in [1.29, 1.82) is 0 Å².